The van der Waals surface area contributed by atoms with Crippen LogP contribution in [0.3, 0.4) is 0 Å². The molecule has 0 aromatic carbocycles. The van der Waals surface area contributed by atoms with Gasteiger partial charge in [0, 0.05) is 6.54 Å². The highest BCUT2D eigenvalue weighted by Crippen LogP contribution is 2.15. The van der Waals surface area contributed by atoms with Gasteiger partial charge in [0.15, 0.2) is 0 Å². The molecule has 0 saturated carbocycles. The maximum absolute atomic E-state index is 5.57. The van der Waals surface area contributed by atoms with Crippen molar-refractivity contribution in [1.82, 2.24) is 10.2 Å². The van der Waals surface area contributed by atoms with Gasteiger partial charge in [-0.25, -0.2) is 0 Å². The van der Waals surface area contributed by atoms with Gasteiger partial charge in [-0.3, -0.25) is 0 Å². The van der Waals surface area contributed by atoms with Crippen molar-refractivity contribution in [3.8, 4) is 0 Å². The SMILES string of the molecule is CC(C)(CN)CNc1nncs1. The van der Waals surface area contributed by atoms with Gasteiger partial charge in [0.2, 0.25) is 5.13 Å². The molecule has 0 aliphatic rings. The Morgan fingerprint density at radius 1 is 1.67 bits per heavy atom. The van der Waals surface area contributed by atoms with E-state index < -0.39 is 0 Å². The first-order valence-electron chi connectivity index (χ1n) is 3.84. The van der Waals surface area contributed by atoms with Crippen molar-refractivity contribution >= 4 is 16.5 Å². The van der Waals surface area contributed by atoms with E-state index in [-0.39, 0.29) is 5.41 Å². The summed E-state index contributed by atoms with van der Waals surface area (Å²) in [5, 5.41) is 11.6. The molecule has 0 radical (unpaired) electrons. The van der Waals surface area contributed by atoms with E-state index in [0.717, 1.165) is 11.7 Å². The molecular formula is C7H14N4S. The Morgan fingerprint density at radius 3 is 2.92 bits per heavy atom. The molecule has 1 heterocycles. The molecule has 1 aromatic rings. The summed E-state index contributed by atoms with van der Waals surface area (Å²) >= 11 is 1.50. The van der Waals surface area contributed by atoms with E-state index >= 15 is 0 Å². The van der Waals surface area contributed by atoms with Gasteiger partial charge < -0.3 is 11.1 Å². The highest BCUT2D eigenvalue weighted by atomic mass is 32.1. The molecule has 1 rings (SSSR count). The van der Waals surface area contributed by atoms with Crippen molar-refractivity contribution in [1.29, 1.82) is 0 Å². The Bertz CT molecular complexity index is 219. The smallest absolute Gasteiger partial charge is 0.205 e. The van der Waals surface area contributed by atoms with E-state index in [1.54, 1.807) is 5.51 Å². The summed E-state index contributed by atoms with van der Waals surface area (Å²) in [5.74, 6) is 0. The van der Waals surface area contributed by atoms with Gasteiger partial charge >= 0.3 is 0 Å². The number of nitrogens with one attached hydrogen (secondary N) is 1. The third-order valence-corrected chi connectivity index (χ3v) is 2.28. The maximum Gasteiger partial charge on any atom is 0.205 e. The molecule has 5 heteroatoms. The van der Waals surface area contributed by atoms with E-state index in [4.69, 9.17) is 5.73 Å². The first kappa shape index (κ1) is 9.41. The Morgan fingerprint density at radius 2 is 2.42 bits per heavy atom. The van der Waals surface area contributed by atoms with Gasteiger partial charge in [-0.15, -0.1) is 10.2 Å². The third-order valence-electron chi connectivity index (χ3n) is 1.63. The summed E-state index contributed by atoms with van der Waals surface area (Å²) in [5.41, 5.74) is 7.40. The molecule has 4 nitrogen and oxygen atoms in total. The standard InChI is InChI=1S/C7H14N4S/c1-7(2,3-8)4-9-6-11-10-5-12-6/h5H,3-4,8H2,1-2H3,(H,9,11). The molecule has 0 amide bonds. The summed E-state index contributed by atoms with van der Waals surface area (Å²) in [7, 11) is 0. The van der Waals surface area contributed by atoms with Gasteiger partial charge in [-0.05, 0) is 12.0 Å². The molecule has 0 spiro atoms. The van der Waals surface area contributed by atoms with Crippen LogP contribution >= 0.6 is 11.3 Å². The fourth-order valence-electron chi connectivity index (χ4n) is 0.637. The van der Waals surface area contributed by atoms with Gasteiger partial charge in [-0.2, -0.15) is 0 Å². The van der Waals surface area contributed by atoms with Crippen LogP contribution in [-0.4, -0.2) is 23.3 Å². The first-order valence-corrected chi connectivity index (χ1v) is 4.72. The average molecular weight is 186 g/mol. The zero-order valence-electron chi connectivity index (χ0n) is 7.37. The predicted molar refractivity (Wildman–Crippen MR) is 51.2 cm³/mol. The van der Waals surface area contributed by atoms with E-state index in [1.165, 1.54) is 11.3 Å². The highest BCUT2D eigenvalue weighted by Gasteiger charge is 2.15. The van der Waals surface area contributed by atoms with Crippen LogP contribution in [0.25, 0.3) is 0 Å². The van der Waals surface area contributed by atoms with E-state index in [1.807, 2.05) is 0 Å². The number of nitrogens with zero attached hydrogens (tertiary/aromatic N) is 2. The average Bonchev–Trinajstić information content (AvgIpc) is 2.53. The predicted octanol–water partition coefficient (Wildman–Crippen LogP) is 0.935. The Hall–Kier alpha value is -0.680. The normalized spacial score (nSPS) is 11.6. The fourth-order valence-corrected chi connectivity index (χ4v) is 1.08. The largest absolute Gasteiger partial charge is 0.360 e. The van der Waals surface area contributed by atoms with Gasteiger partial charge in [0.25, 0.3) is 0 Å². The second kappa shape index (κ2) is 3.82. The lowest BCUT2D eigenvalue weighted by Crippen LogP contribution is -2.31. The van der Waals surface area contributed by atoms with Crippen LogP contribution in [0, 0.1) is 5.41 Å². The number of hydrogen-bond acceptors (Lipinski definition) is 5. The molecule has 68 valence electrons. The minimum Gasteiger partial charge on any atom is -0.360 e. The third kappa shape index (κ3) is 2.75. The lowest BCUT2D eigenvalue weighted by atomic mass is 9.94. The molecule has 3 N–H and O–H groups in total. The van der Waals surface area contributed by atoms with Gasteiger partial charge in [-0.1, -0.05) is 25.2 Å². The minimum absolute atomic E-state index is 0.117. The Balaban J connectivity index is 2.36. The summed E-state index contributed by atoms with van der Waals surface area (Å²) < 4.78 is 0. The quantitative estimate of drug-likeness (QED) is 0.734. The number of hydrogen-bond donors (Lipinski definition) is 2. The van der Waals surface area contributed by atoms with Crippen LogP contribution < -0.4 is 11.1 Å². The molecular weight excluding hydrogens is 172 g/mol. The molecule has 0 aliphatic carbocycles. The number of rotatable bonds is 4. The van der Waals surface area contributed by atoms with Crippen molar-refractivity contribution < 1.29 is 0 Å². The lowest BCUT2D eigenvalue weighted by Gasteiger charge is -2.21. The van der Waals surface area contributed by atoms with Gasteiger partial charge in [0.1, 0.15) is 5.51 Å². The number of aromatic nitrogens is 2. The van der Waals surface area contributed by atoms with Crippen LogP contribution in [-0.2, 0) is 0 Å². The van der Waals surface area contributed by atoms with Crippen molar-refractivity contribution in [2.45, 2.75) is 13.8 Å². The highest BCUT2D eigenvalue weighted by molar-refractivity contribution is 7.13. The second-order valence-electron chi connectivity index (χ2n) is 3.47. The summed E-state index contributed by atoms with van der Waals surface area (Å²) in [6.45, 7) is 5.72. The Kier molecular flexibility index (Phi) is 2.99. The molecule has 0 aliphatic heterocycles. The molecule has 1 aromatic heterocycles. The fraction of sp³-hybridized carbons (Fsp3) is 0.714. The van der Waals surface area contributed by atoms with Crippen molar-refractivity contribution in [3.63, 3.8) is 0 Å². The molecule has 0 fully saturated rings. The first-order chi connectivity index (χ1) is 5.64. The van der Waals surface area contributed by atoms with Crippen LogP contribution in [0.5, 0.6) is 0 Å². The minimum atomic E-state index is 0.117. The molecule has 0 saturated heterocycles. The van der Waals surface area contributed by atoms with Crippen molar-refractivity contribution in [3.05, 3.63) is 5.51 Å². The van der Waals surface area contributed by atoms with Gasteiger partial charge in [0.05, 0.1) is 0 Å². The monoisotopic (exact) mass is 186 g/mol. The zero-order valence-corrected chi connectivity index (χ0v) is 8.19. The maximum atomic E-state index is 5.57. The Labute approximate surface area is 76.2 Å². The molecule has 12 heavy (non-hydrogen) atoms. The number of nitrogens with two attached hydrogens (primary N) is 1. The molecule has 0 unspecified atom stereocenters. The lowest BCUT2D eigenvalue weighted by molar-refractivity contribution is 0.405. The van der Waals surface area contributed by atoms with Crippen LogP contribution in [0.4, 0.5) is 5.13 Å². The molecule has 0 atom stereocenters. The van der Waals surface area contributed by atoms with Crippen LogP contribution in [0.1, 0.15) is 13.8 Å². The topological polar surface area (TPSA) is 63.8 Å². The van der Waals surface area contributed by atoms with Crippen molar-refractivity contribution in [2.75, 3.05) is 18.4 Å². The van der Waals surface area contributed by atoms with Crippen molar-refractivity contribution in [2.24, 2.45) is 11.1 Å². The summed E-state index contributed by atoms with van der Waals surface area (Å²) in [6, 6.07) is 0. The van der Waals surface area contributed by atoms with E-state index in [9.17, 15) is 0 Å². The number of anilines is 1. The van der Waals surface area contributed by atoms with E-state index in [0.29, 0.717) is 6.54 Å². The summed E-state index contributed by atoms with van der Waals surface area (Å²) in [4.78, 5) is 0. The van der Waals surface area contributed by atoms with E-state index in [2.05, 4.69) is 29.4 Å². The zero-order chi connectivity index (χ0) is 9.03. The van der Waals surface area contributed by atoms with Crippen LogP contribution in [0.15, 0.2) is 5.51 Å². The summed E-state index contributed by atoms with van der Waals surface area (Å²) in [6.07, 6.45) is 0. The van der Waals surface area contributed by atoms with Crippen LogP contribution in [0.2, 0.25) is 0 Å². The second-order valence-corrected chi connectivity index (χ2v) is 4.30. The molecule has 0 bridgehead atoms.